The lowest BCUT2D eigenvalue weighted by Gasteiger charge is -2.11. The summed E-state index contributed by atoms with van der Waals surface area (Å²) in [6, 6.07) is 7.56. The number of carbonyl (C=O) groups excluding carboxylic acids is 1. The lowest BCUT2D eigenvalue weighted by atomic mass is 10.1. The molecular formula is C20H17Cl2F3N2O2. The Labute approximate surface area is 175 Å². The molecular weight excluding hydrogens is 428 g/mol. The van der Waals surface area contributed by atoms with Crippen molar-refractivity contribution in [3.05, 3.63) is 69.1 Å². The van der Waals surface area contributed by atoms with Gasteiger partial charge in [0.1, 0.15) is 6.61 Å². The number of halogens is 5. The topological polar surface area (TPSA) is 43.6 Å². The highest BCUT2D eigenvalue weighted by Crippen LogP contribution is 2.34. The molecule has 2 aromatic heterocycles. The SMILES string of the molecule is CC(C)c1nc2c(Cl)cc(C(F)(F)F)cn2c1COC(=O)Cc1ccc(Cl)cc1. The molecule has 0 saturated heterocycles. The highest BCUT2D eigenvalue weighted by atomic mass is 35.5. The Balaban J connectivity index is 1.90. The Bertz CT molecular complexity index is 1040. The van der Waals surface area contributed by atoms with Crippen LogP contribution < -0.4 is 0 Å². The lowest BCUT2D eigenvalue weighted by molar-refractivity contribution is -0.144. The third-order valence-corrected chi connectivity index (χ3v) is 4.84. The van der Waals surface area contributed by atoms with Gasteiger partial charge in [0.25, 0.3) is 0 Å². The number of benzene rings is 1. The van der Waals surface area contributed by atoms with Crippen molar-refractivity contribution in [3.63, 3.8) is 0 Å². The Morgan fingerprint density at radius 3 is 2.45 bits per heavy atom. The summed E-state index contributed by atoms with van der Waals surface area (Å²) in [6.45, 7) is 3.47. The molecule has 3 rings (SSSR count). The Morgan fingerprint density at radius 2 is 1.86 bits per heavy atom. The summed E-state index contributed by atoms with van der Waals surface area (Å²) >= 11 is 11.9. The summed E-state index contributed by atoms with van der Waals surface area (Å²) in [5.41, 5.74) is 0.866. The van der Waals surface area contributed by atoms with Crippen LogP contribution in [-0.4, -0.2) is 15.4 Å². The van der Waals surface area contributed by atoms with Crippen LogP contribution in [0, 0.1) is 0 Å². The molecule has 0 N–H and O–H groups in total. The number of carbonyl (C=O) groups is 1. The van der Waals surface area contributed by atoms with Gasteiger partial charge in [0.15, 0.2) is 5.65 Å². The zero-order chi connectivity index (χ0) is 21.3. The van der Waals surface area contributed by atoms with E-state index in [1.54, 1.807) is 24.3 Å². The first-order valence-electron chi connectivity index (χ1n) is 8.74. The molecule has 0 radical (unpaired) electrons. The van der Waals surface area contributed by atoms with Crippen molar-refractivity contribution in [1.82, 2.24) is 9.38 Å². The molecule has 29 heavy (non-hydrogen) atoms. The minimum atomic E-state index is -4.57. The fourth-order valence-electron chi connectivity index (χ4n) is 2.90. The molecule has 0 atom stereocenters. The molecule has 2 heterocycles. The standard InChI is InChI=1S/C20H17Cl2F3N2O2/c1-11(2)18-16(10-29-17(28)7-12-3-5-14(21)6-4-12)27-9-13(20(23,24)25)8-15(22)19(27)26-18/h3-6,8-9,11H,7,10H2,1-2H3. The molecule has 9 heteroatoms. The molecule has 0 amide bonds. The van der Waals surface area contributed by atoms with Gasteiger partial charge in [0, 0.05) is 11.2 Å². The first kappa shape index (κ1) is 21.5. The summed E-state index contributed by atoms with van der Waals surface area (Å²) in [5.74, 6) is -0.625. The summed E-state index contributed by atoms with van der Waals surface area (Å²) in [5, 5.41) is 0.423. The fraction of sp³-hybridized carbons (Fsp3) is 0.300. The van der Waals surface area contributed by atoms with Crippen molar-refractivity contribution in [3.8, 4) is 0 Å². The van der Waals surface area contributed by atoms with Gasteiger partial charge in [-0.25, -0.2) is 4.98 Å². The van der Waals surface area contributed by atoms with E-state index in [0.29, 0.717) is 22.0 Å². The number of aromatic nitrogens is 2. The minimum absolute atomic E-state index is 0.0134. The lowest BCUT2D eigenvalue weighted by Crippen LogP contribution is -2.12. The van der Waals surface area contributed by atoms with Crippen molar-refractivity contribution >= 4 is 34.8 Å². The molecule has 0 spiro atoms. The highest BCUT2D eigenvalue weighted by molar-refractivity contribution is 6.33. The number of hydrogen-bond donors (Lipinski definition) is 0. The Kier molecular flexibility index (Phi) is 6.10. The number of esters is 1. The predicted molar refractivity (Wildman–Crippen MR) is 104 cm³/mol. The molecule has 3 aromatic rings. The quantitative estimate of drug-likeness (QED) is 0.448. The van der Waals surface area contributed by atoms with E-state index in [1.165, 1.54) is 4.40 Å². The largest absolute Gasteiger partial charge is 0.459 e. The van der Waals surface area contributed by atoms with Crippen LogP contribution in [0.1, 0.15) is 42.3 Å². The van der Waals surface area contributed by atoms with Gasteiger partial charge in [-0.15, -0.1) is 0 Å². The van der Waals surface area contributed by atoms with E-state index < -0.39 is 17.7 Å². The maximum absolute atomic E-state index is 13.2. The van der Waals surface area contributed by atoms with Gasteiger partial charge in [0.2, 0.25) is 0 Å². The zero-order valence-corrected chi connectivity index (χ0v) is 17.1. The van der Waals surface area contributed by atoms with Crippen LogP contribution in [0.5, 0.6) is 0 Å². The van der Waals surface area contributed by atoms with E-state index in [2.05, 4.69) is 4.98 Å². The van der Waals surface area contributed by atoms with Gasteiger partial charge >= 0.3 is 12.1 Å². The van der Waals surface area contributed by atoms with Crippen LogP contribution in [0.2, 0.25) is 10.0 Å². The van der Waals surface area contributed by atoms with Crippen LogP contribution in [0.4, 0.5) is 13.2 Å². The number of hydrogen-bond acceptors (Lipinski definition) is 3. The molecule has 0 bridgehead atoms. The second-order valence-electron chi connectivity index (χ2n) is 6.83. The van der Waals surface area contributed by atoms with Gasteiger partial charge in [0.05, 0.1) is 28.4 Å². The number of pyridine rings is 1. The van der Waals surface area contributed by atoms with Gasteiger partial charge in [-0.1, -0.05) is 49.2 Å². The number of ether oxygens (including phenoxy) is 1. The van der Waals surface area contributed by atoms with E-state index in [-0.39, 0.29) is 29.6 Å². The number of imidazole rings is 1. The summed E-state index contributed by atoms with van der Waals surface area (Å²) in [6.07, 6.45) is -3.63. The zero-order valence-electron chi connectivity index (χ0n) is 15.6. The molecule has 4 nitrogen and oxygen atoms in total. The van der Waals surface area contributed by atoms with Gasteiger partial charge in [-0.3, -0.25) is 9.20 Å². The maximum Gasteiger partial charge on any atom is 0.417 e. The smallest absolute Gasteiger partial charge is 0.417 e. The van der Waals surface area contributed by atoms with Crippen molar-refractivity contribution < 1.29 is 22.7 Å². The molecule has 0 aliphatic carbocycles. The first-order valence-corrected chi connectivity index (χ1v) is 9.49. The first-order chi connectivity index (χ1) is 13.6. The number of alkyl halides is 3. The van der Waals surface area contributed by atoms with Crippen molar-refractivity contribution in [2.45, 2.75) is 39.0 Å². The third-order valence-electron chi connectivity index (χ3n) is 4.31. The number of fused-ring (bicyclic) bond motifs is 1. The highest BCUT2D eigenvalue weighted by Gasteiger charge is 2.32. The third kappa shape index (κ3) is 4.85. The summed E-state index contributed by atoms with van der Waals surface area (Å²) in [4.78, 5) is 16.6. The second kappa shape index (κ2) is 8.24. The maximum atomic E-state index is 13.2. The average molecular weight is 445 g/mol. The molecule has 0 unspecified atom stereocenters. The molecule has 1 aromatic carbocycles. The van der Waals surface area contributed by atoms with Crippen LogP contribution in [0.15, 0.2) is 36.5 Å². The van der Waals surface area contributed by atoms with Crippen molar-refractivity contribution in [1.29, 1.82) is 0 Å². The predicted octanol–water partition coefficient (Wildman–Crippen LogP) is 6.07. The molecule has 0 saturated carbocycles. The summed E-state index contributed by atoms with van der Waals surface area (Å²) < 4.78 is 46.1. The Hall–Kier alpha value is -2.25. The molecule has 0 aliphatic heterocycles. The molecule has 0 fully saturated rings. The van der Waals surface area contributed by atoms with E-state index in [4.69, 9.17) is 27.9 Å². The van der Waals surface area contributed by atoms with E-state index in [1.807, 2.05) is 13.8 Å². The van der Waals surface area contributed by atoms with E-state index in [0.717, 1.165) is 12.3 Å². The van der Waals surface area contributed by atoms with Crippen LogP contribution in [0.3, 0.4) is 0 Å². The molecule has 0 aliphatic rings. The number of rotatable bonds is 5. The van der Waals surface area contributed by atoms with Crippen molar-refractivity contribution in [2.75, 3.05) is 0 Å². The van der Waals surface area contributed by atoms with E-state index in [9.17, 15) is 18.0 Å². The van der Waals surface area contributed by atoms with Gasteiger partial charge in [-0.2, -0.15) is 13.2 Å². The fourth-order valence-corrected chi connectivity index (χ4v) is 3.28. The monoisotopic (exact) mass is 444 g/mol. The minimum Gasteiger partial charge on any atom is -0.459 e. The van der Waals surface area contributed by atoms with Crippen LogP contribution >= 0.6 is 23.2 Å². The average Bonchev–Trinajstić information content (AvgIpc) is 3.01. The summed E-state index contributed by atoms with van der Waals surface area (Å²) in [7, 11) is 0. The van der Waals surface area contributed by atoms with Crippen LogP contribution in [-0.2, 0) is 28.7 Å². The van der Waals surface area contributed by atoms with Crippen LogP contribution in [0.25, 0.3) is 5.65 Å². The van der Waals surface area contributed by atoms with Gasteiger partial charge < -0.3 is 4.74 Å². The normalized spacial score (nSPS) is 12.0. The van der Waals surface area contributed by atoms with Gasteiger partial charge in [-0.05, 0) is 29.7 Å². The Morgan fingerprint density at radius 1 is 1.21 bits per heavy atom. The second-order valence-corrected chi connectivity index (χ2v) is 7.67. The van der Waals surface area contributed by atoms with E-state index >= 15 is 0 Å². The molecule has 154 valence electrons. The van der Waals surface area contributed by atoms with Crippen molar-refractivity contribution in [2.24, 2.45) is 0 Å². The number of nitrogens with zero attached hydrogens (tertiary/aromatic N) is 2.